The smallest absolute Gasteiger partial charge is 0.430 e. The number of nitrogens with zero attached hydrogens (tertiary/aromatic N) is 3. The molecule has 1 fully saturated rings. The minimum atomic E-state index is -4.90. The number of aliphatic carboxylic acids is 1. The van der Waals surface area contributed by atoms with Crippen molar-refractivity contribution in [3.63, 3.8) is 0 Å². The Hall–Kier alpha value is -3.03. The minimum Gasteiger partial charge on any atom is -0.480 e. The summed E-state index contributed by atoms with van der Waals surface area (Å²) >= 11 is 3.24. The highest BCUT2D eigenvalue weighted by molar-refractivity contribution is 9.10. The predicted octanol–water partition coefficient (Wildman–Crippen LogP) is 3.60. The van der Waals surface area contributed by atoms with Crippen LogP contribution in [0, 0.1) is 6.92 Å². The molecule has 2 heterocycles. The molecule has 0 radical (unpaired) electrons. The average Bonchev–Trinajstić information content (AvgIpc) is 3.20. The number of esters is 1. The van der Waals surface area contributed by atoms with E-state index in [2.05, 4.69) is 21.2 Å². The molecule has 2 aliphatic heterocycles. The molecule has 1 saturated heterocycles. The van der Waals surface area contributed by atoms with Crippen molar-refractivity contribution < 1.29 is 52.4 Å². The second-order valence-electron chi connectivity index (χ2n) is 7.37. The Morgan fingerprint density at radius 3 is 2.73 bits per heavy atom. The first-order valence-corrected chi connectivity index (χ1v) is 10.5. The standard InChI is InChI=1S/C19H19BrF3N3O7/c1-9-6-12(20)7-11-8-13(16(19(21,22)23)32-15(9)11)18(29)31-10(2)33-24-26(30)25-5-3-4-14(25)17(27)28/h6-8,10,14,16H,3-5H2,1-2H3,(H-,24,27,28,30)/p+1/t10?,14-,16-/m0/s1. The Morgan fingerprint density at radius 1 is 1.39 bits per heavy atom. The number of alkyl halides is 3. The Balaban J connectivity index is 1.75. The van der Waals surface area contributed by atoms with Gasteiger partial charge in [0.25, 0.3) is 16.5 Å². The number of carboxylic acids is 1. The molecule has 33 heavy (non-hydrogen) atoms. The first-order chi connectivity index (χ1) is 15.4. The lowest BCUT2D eigenvalue weighted by molar-refractivity contribution is -0.942. The number of hydrazine groups is 1. The zero-order valence-electron chi connectivity index (χ0n) is 17.4. The number of fused-ring (bicyclic) bond motifs is 1. The van der Waals surface area contributed by atoms with Gasteiger partial charge in [-0.25, -0.2) is 14.8 Å². The molecule has 1 aromatic carbocycles. The van der Waals surface area contributed by atoms with Crippen LogP contribution in [-0.2, 0) is 19.2 Å². The highest BCUT2D eigenvalue weighted by atomic mass is 79.9. The van der Waals surface area contributed by atoms with Gasteiger partial charge in [0.2, 0.25) is 6.10 Å². The maximum atomic E-state index is 13.6. The van der Waals surface area contributed by atoms with Crippen LogP contribution in [0.4, 0.5) is 13.2 Å². The van der Waals surface area contributed by atoms with Gasteiger partial charge in [-0.2, -0.15) is 13.2 Å². The molecule has 2 N–H and O–H groups in total. The SMILES string of the molecule is Cc1cc(Br)cc2c1O[C@H](C(F)(F)F)C(C(=O)OC(C)O/N=[N+](\O)N1CCC[C@H]1C(=O)O)=C2. The van der Waals surface area contributed by atoms with Crippen molar-refractivity contribution in [2.45, 2.75) is 51.3 Å². The van der Waals surface area contributed by atoms with Gasteiger partial charge in [-0.15, -0.1) is 0 Å². The summed E-state index contributed by atoms with van der Waals surface area (Å²) in [5.74, 6) is -2.55. The number of hydrogen-bond acceptors (Lipinski definition) is 6. The summed E-state index contributed by atoms with van der Waals surface area (Å²) in [4.78, 5) is 28.7. The number of aryl methyl sites for hydroxylation is 1. The maximum absolute atomic E-state index is 13.6. The lowest BCUT2D eigenvalue weighted by Gasteiger charge is -2.29. The van der Waals surface area contributed by atoms with Crippen LogP contribution in [0.1, 0.15) is 30.9 Å². The molecule has 0 amide bonds. The fourth-order valence-corrected chi connectivity index (χ4v) is 4.06. The van der Waals surface area contributed by atoms with Crippen molar-refractivity contribution in [3.05, 3.63) is 33.3 Å². The van der Waals surface area contributed by atoms with Gasteiger partial charge in [0.1, 0.15) is 5.75 Å². The van der Waals surface area contributed by atoms with Crippen molar-refractivity contribution in [1.29, 1.82) is 0 Å². The zero-order valence-corrected chi connectivity index (χ0v) is 19.0. The summed E-state index contributed by atoms with van der Waals surface area (Å²) in [5, 5.41) is 23.3. The molecule has 14 heteroatoms. The largest absolute Gasteiger partial charge is 0.480 e. The monoisotopic (exact) mass is 538 g/mol. The molecule has 0 saturated carbocycles. The molecule has 0 aromatic heterocycles. The van der Waals surface area contributed by atoms with E-state index in [1.54, 1.807) is 13.0 Å². The third-order valence-corrected chi connectivity index (χ3v) is 5.37. The number of rotatable bonds is 6. The van der Waals surface area contributed by atoms with Crippen molar-refractivity contribution in [3.8, 4) is 5.75 Å². The third kappa shape index (κ3) is 5.49. The van der Waals surface area contributed by atoms with Gasteiger partial charge in [-0.3, -0.25) is 4.84 Å². The summed E-state index contributed by atoms with van der Waals surface area (Å²) < 4.78 is 51.4. The van der Waals surface area contributed by atoms with E-state index < -0.39 is 42.1 Å². The normalized spacial score (nSPS) is 21.6. The number of carbonyl (C=O) groups is 2. The number of carboxylic acid groups (broad SMARTS) is 1. The Labute approximate surface area is 193 Å². The average molecular weight is 539 g/mol. The molecule has 10 nitrogen and oxygen atoms in total. The van der Waals surface area contributed by atoms with E-state index in [0.29, 0.717) is 16.5 Å². The van der Waals surface area contributed by atoms with E-state index in [9.17, 15) is 28.0 Å². The summed E-state index contributed by atoms with van der Waals surface area (Å²) in [7, 11) is 0. The topological polar surface area (TPSA) is 121 Å². The van der Waals surface area contributed by atoms with Gasteiger partial charge in [0.15, 0.2) is 6.04 Å². The van der Waals surface area contributed by atoms with E-state index >= 15 is 0 Å². The molecule has 1 unspecified atom stereocenters. The quantitative estimate of drug-likeness (QED) is 0.185. The molecular weight excluding hydrogens is 519 g/mol. The number of benzene rings is 1. The van der Waals surface area contributed by atoms with E-state index in [4.69, 9.17) is 19.4 Å². The lowest BCUT2D eigenvalue weighted by atomic mass is 9.99. The van der Waals surface area contributed by atoms with Gasteiger partial charge < -0.3 is 14.6 Å². The Morgan fingerprint density at radius 2 is 2.09 bits per heavy atom. The molecule has 0 spiro atoms. The zero-order chi connectivity index (χ0) is 24.5. The van der Waals surface area contributed by atoms with Crippen molar-refractivity contribution >= 4 is 33.9 Å². The van der Waals surface area contributed by atoms with Gasteiger partial charge in [0, 0.05) is 17.0 Å². The second kappa shape index (κ2) is 9.45. The van der Waals surface area contributed by atoms with Crippen molar-refractivity contribution in [2.75, 3.05) is 6.54 Å². The molecule has 3 rings (SSSR count). The minimum absolute atomic E-state index is 0.00843. The summed E-state index contributed by atoms with van der Waals surface area (Å²) in [6.45, 7) is 2.91. The number of halogens is 4. The molecule has 180 valence electrons. The molecule has 3 atom stereocenters. The van der Waals surface area contributed by atoms with Gasteiger partial charge in [-0.1, -0.05) is 20.9 Å². The van der Waals surface area contributed by atoms with Crippen molar-refractivity contribution in [1.82, 2.24) is 5.01 Å². The van der Waals surface area contributed by atoms with E-state index in [1.165, 1.54) is 6.07 Å². The van der Waals surface area contributed by atoms with E-state index in [-0.39, 0.29) is 29.2 Å². The van der Waals surface area contributed by atoms with E-state index in [1.807, 2.05) is 0 Å². The molecular formula is C19H20BrF3N3O7+. The van der Waals surface area contributed by atoms with Gasteiger partial charge in [-0.05, 0) is 43.5 Å². The Bertz CT molecular complexity index is 1020. The van der Waals surface area contributed by atoms with Crippen LogP contribution in [0.5, 0.6) is 5.75 Å². The highest BCUT2D eigenvalue weighted by Crippen LogP contribution is 2.40. The maximum Gasteiger partial charge on any atom is 0.430 e. The van der Waals surface area contributed by atoms with Gasteiger partial charge in [0.05, 0.1) is 12.1 Å². The lowest BCUT2D eigenvalue weighted by Crippen LogP contribution is -2.42. The predicted molar refractivity (Wildman–Crippen MR) is 106 cm³/mol. The fourth-order valence-electron chi connectivity index (χ4n) is 3.47. The molecule has 0 bridgehead atoms. The first kappa shape index (κ1) is 24.6. The first-order valence-electron chi connectivity index (χ1n) is 9.69. The van der Waals surface area contributed by atoms with Crippen LogP contribution < -0.4 is 4.74 Å². The summed E-state index contributed by atoms with van der Waals surface area (Å²) in [6.07, 6.45) is -7.19. The fraction of sp³-hybridized carbons (Fsp3) is 0.474. The van der Waals surface area contributed by atoms with E-state index in [0.717, 1.165) is 18.0 Å². The number of ether oxygens (including phenoxy) is 2. The number of hydrogen-bond donors (Lipinski definition) is 2. The van der Waals surface area contributed by atoms with Crippen LogP contribution >= 0.6 is 15.9 Å². The molecule has 0 aliphatic carbocycles. The van der Waals surface area contributed by atoms with Crippen LogP contribution in [0.25, 0.3) is 6.08 Å². The Kier molecular flexibility index (Phi) is 7.05. The van der Waals surface area contributed by atoms with Crippen LogP contribution in [0.15, 0.2) is 27.5 Å². The highest BCUT2D eigenvalue weighted by Gasteiger charge is 2.49. The van der Waals surface area contributed by atoms with Gasteiger partial charge >= 0.3 is 18.1 Å². The summed E-state index contributed by atoms with van der Waals surface area (Å²) in [5.41, 5.74) is -0.102. The second-order valence-corrected chi connectivity index (χ2v) is 8.28. The molecule has 2 aliphatic rings. The van der Waals surface area contributed by atoms with Crippen LogP contribution in [0.2, 0.25) is 0 Å². The third-order valence-electron chi connectivity index (χ3n) is 4.91. The van der Waals surface area contributed by atoms with Crippen LogP contribution in [-0.4, -0.2) is 63.4 Å². The molecule has 1 aromatic rings. The number of carbonyl (C=O) groups excluding carboxylic acids is 1. The summed E-state index contributed by atoms with van der Waals surface area (Å²) in [6, 6.07) is 2.05. The van der Waals surface area contributed by atoms with Crippen molar-refractivity contribution in [2.24, 2.45) is 5.28 Å². The van der Waals surface area contributed by atoms with Crippen LogP contribution in [0.3, 0.4) is 0 Å².